The van der Waals surface area contributed by atoms with Gasteiger partial charge in [-0.2, -0.15) is 5.26 Å². The molecule has 104 valence electrons. The topological polar surface area (TPSA) is 73.2 Å². The quantitative estimate of drug-likeness (QED) is 0.799. The van der Waals surface area contributed by atoms with Crippen LogP contribution in [-0.2, 0) is 9.59 Å². The summed E-state index contributed by atoms with van der Waals surface area (Å²) < 4.78 is 0. The van der Waals surface area contributed by atoms with Crippen molar-refractivity contribution < 1.29 is 9.59 Å². The molecule has 20 heavy (non-hydrogen) atoms. The number of nitrogens with one attached hydrogen (secondary N) is 1. The number of carbonyl (C=O) groups excluding carboxylic acids is 2. The van der Waals surface area contributed by atoms with Gasteiger partial charge in [-0.05, 0) is 24.3 Å². The van der Waals surface area contributed by atoms with E-state index in [4.69, 9.17) is 5.26 Å². The zero-order valence-electron chi connectivity index (χ0n) is 11.4. The lowest BCUT2D eigenvalue weighted by Crippen LogP contribution is -2.33. The van der Waals surface area contributed by atoms with Gasteiger partial charge in [0.15, 0.2) is 0 Å². The van der Waals surface area contributed by atoms with Crippen LogP contribution in [0.5, 0.6) is 0 Å². The fraction of sp³-hybridized carbons (Fsp3) is 0.267. The Labute approximate surface area is 118 Å². The number of amides is 2. The number of carbonyl (C=O) groups is 2. The lowest BCUT2D eigenvalue weighted by Gasteiger charge is -2.20. The van der Waals surface area contributed by atoms with E-state index in [0.717, 1.165) is 0 Å². The Bertz CT molecular complexity index is 529. The van der Waals surface area contributed by atoms with E-state index in [-0.39, 0.29) is 18.2 Å². The lowest BCUT2D eigenvalue weighted by molar-refractivity contribution is -0.120. The van der Waals surface area contributed by atoms with Gasteiger partial charge >= 0.3 is 0 Å². The molecule has 1 N–H and O–H groups in total. The Morgan fingerprint density at radius 2 is 2.05 bits per heavy atom. The van der Waals surface area contributed by atoms with Crippen LogP contribution in [0.1, 0.15) is 18.9 Å². The first-order valence-corrected chi connectivity index (χ1v) is 6.24. The molecule has 1 aromatic rings. The number of nitrogens with zero attached hydrogens (tertiary/aromatic N) is 2. The first kappa shape index (κ1) is 15.4. The minimum absolute atomic E-state index is 0.134. The highest BCUT2D eigenvalue weighted by Gasteiger charge is 2.13. The van der Waals surface area contributed by atoms with Crippen molar-refractivity contribution in [3.05, 3.63) is 42.5 Å². The third-order valence-electron chi connectivity index (χ3n) is 2.69. The van der Waals surface area contributed by atoms with E-state index >= 15 is 0 Å². The maximum atomic E-state index is 11.6. The second-order valence-electron chi connectivity index (χ2n) is 4.17. The SMILES string of the molecule is C=CCNC(=O)CCN(C(C)=O)c1ccc(C#N)cc1. The number of nitriles is 1. The van der Waals surface area contributed by atoms with Crippen molar-refractivity contribution >= 4 is 17.5 Å². The zero-order chi connectivity index (χ0) is 15.0. The van der Waals surface area contributed by atoms with E-state index in [1.54, 1.807) is 30.3 Å². The Morgan fingerprint density at radius 1 is 1.40 bits per heavy atom. The van der Waals surface area contributed by atoms with Gasteiger partial charge in [-0.1, -0.05) is 6.08 Å². The highest BCUT2D eigenvalue weighted by Crippen LogP contribution is 2.15. The summed E-state index contributed by atoms with van der Waals surface area (Å²) >= 11 is 0. The second-order valence-corrected chi connectivity index (χ2v) is 4.17. The molecule has 0 aliphatic rings. The summed E-state index contributed by atoms with van der Waals surface area (Å²) in [5.74, 6) is -0.281. The van der Waals surface area contributed by atoms with Crippen molar-refractivity contribution in [2.45, 2.75) is 13.3 Å². The predicted molar refractivity (Wildman–Crippen MR) is 77.0 cm³/mol. The summed E-state index contributed by atoms with van der Waals surface area (Å²) in [6, 6.07) is 8.69. The molecular formula is C15H17N3O2. The zero-order valence-corrected chi connectivity index (χ0v) is 11.4. The van der Waals surface area contributed by atoms with Crippen LogP contribution >= 0.6 is 0 Å². The molecule has 5 heteroatoms. The van der Waals surface area contributed by atoms with E-state index in [9.17, 15) is 9.59 Å². The van der Waals surface area contributed by atoms with Crippen LogP contribution in [0.25, 0.3) is 0 Å². The molecular weight excluding hydrogens is 254 g/mol. The first-order valence-electron chi connectivity index (χ1n) is 6.24. The van der Waals surface area contributed by atoms with E-state index in [1.165, 1.54) is 11.8 Å². The van der Waals surface area contributed by atoms with E-state index in [0.29, 0.717) is 24.3 Å². The van der Waals surface area contributed by atoms with Crippen LogP contribution in [0.3, 0.4) is 0 Å². The molecule has 0 saturated heterocycles. The molecule has 0 radical (unpaired) electrons. The summed E-state index contributed by atoms with van der Waals surface area (Å²) in [6.07, 6.45) is 1.81. The van der Waals surface area contributed by atoms with Crippen molar-refractivity contribution in [2.75, 3.05) is 18.0 Å². The van der Waals surface area contributed by atoms with Crippen LogP contribution in [0.15, 0.2) is 36.9 Å². The maximum absolute atomic E-state index is 11.6. The molecule has 0 saturated carbocycles. The van der Waals surface area contributed by atoms with E-state index < -0.39 is 0 Å². The van der Waals surface area contributed by atoms with Crippen LogP contribution in [0.2, 0.25) is 0 Å². The fourth-order valence-corrected chi connectivity index (χ4v) is 1.67. The first-order chi connectivity index (χ1) is 9.58. The summed E-state index contributed by atoms with van der Waals surface area (Å²) in [6.45, 7) is 5.67. The van der Waals surface area contributed by atoms with Gasteiger partial charge in [0.2, 0.25) is 11.8 Å². The molecule has 0 atom stereocenters. The monoisotopic (exact) mass is 271 g/mol. The Balaban J connectivity index is 2.69. The molecule has 0 bridgehead atoms. The largest absolute Gasteiger partial charge is 0.353 e. The number of rotatable bonds is 6. The third-order valence-corrected chi connectivity index (χ3v) is 2.69. The Kier molecular flexibility index (Phi) is 5.98. The maximum Gasteiger partial charge on any atom is 0.223 e. The number of benzene rings is 1. The second kappa shape index (κ2) is 7.74. The normalized spacial score (nSPS) is 9.40. The van der Waals surface area contributed by atoms with Crippen LogP contribution in [0.4, 0.5) is 5.69 Å². The average Bonchev–Trinajstić information content (AvgIpc) is 2.45. The van der Waals surface area contributed by atoms with Gasteiger partial charge in [0.1, 0.15) is 0 Å². The van der Waals surface area contributed by atoms with Gasteiger partial charge in [-0.15, -0.1) is 6.58 Å². The standard InChI is InChI=1S/C15H17N3O2/c1-3-9-17-15(20)8-10-18(12(2)19)14-6-4-13(11-16)5-7-14/h3-7H,1,8-10H2,2H3,(H,17,20). The smallest absolute Gasteiger partial charge is 0.223 e. The number of anilines is 1. The van der Waals surface area contributed by atoms with Crippen molar-refractivity contribution in [3.63, 3.8) is 0 Å². The van der Waals surface area contributed by atoms with Crippen LogP contribution in [-0.4, -0.2) is 24.9 Å². The van der Waals surface area contributed by atoms with Crippen molar-refractivity contribution in [2.24, 2.45) is 0 Å². The third kappa shape index (κ3) is 4.58. The molecule has 1 rings (SSSR count). The van der Waals surface area contributed by atoms with Gasteiger partial charge in [0.25, 0.3) is 0 Å². The van der Waals surface area contributed by atoms with Gasteiger partial charge < -0.3 is 10.2 Å². The van der Waals surface area contributed by atoms with Crippen LogP contribution in [0, 0.1) is 11.3 Å². The number of hydrogen-bond acceptors (Lipinski definition) is 3. The molecule has 0 aromatic heterocycles. The fourth-order valence-electron chi connectivity index (χ4n) is 1.67. The highest BCUT2D eigenvalue weighted by atomic mass is 16.2. The summed E-state index contributed by atoms with van der Waals surface area (Å²) in [4.78, 5) is 24.7. The lowest BCUT2D eigenvalue weighted by atomic mass is 10.2. The molecule has 1 aromatic carbocycles. The van der Waals surface area contributed by atoms with Gasteiger partial charge in [0.05, 0.1) is 11.6 Å². The van der Waals surface area contributed by atoms with Gasteiger partial charge in [-0.3, -0.25) is 9.59 Å². The molecule has 0 aliphatic carbocycles. The molecule has 5 nitrogen and oxygen atoms in total. The molecule has 0 spiro atoms. The number of hydrogen-bond donors (Lipinski definition) is 1. The van der Waals surface area contributed by atoms with Crippen LogP contribution < -0.4 is 10.2 Å². The Morgan fingerprint density at radius 3 is 2.55 bits per heavy atom. The summed E-state index contributed by atoms with van der Waals surface area (Å²) in [5.41, 5.74) is 1.20. The summed E-state index contributed by atoms with van der Waals surface area (Å²) in [7, 11) is 0. The summed E-state index contributed by atoms with van der Waals surface area (Å²) in [5, 5.41) is 11.4. The minimum Gasteiger partial charge on any atom is -0.353 e. The molecule has 2 amide bonds. The average molecular weight is 271 g/mol. The Hall–Kier alpha value is -2.61. The van der Waals surface area contributed by atoms with Crippen molar-refractivity contribution in [1.29, 1.82) is 5.26 Å². The highest BCUT2D eigenvalue weighted by molar-refractivity contribution is 5.92. The van der Waals surface area contributed by atoms with Crippen molar-refractivity contribution in [1.82, 2.24) is 5.32 Å². The predicted octanol–water partition coefficient (Wildman–Crippen LogP) is 1.60. The van der Waals surface area contributed by atoms with Gasteiger partial charge in [0, 0.05) is 32.1 Å². The molecule has 0 fully saturated rings. The van der Waals surface area contributed by atoms with Gasteiger partial charge in [-0.25, -0.2) is 0 Å². The molecule has 0 heterocycles. The minimum atomic E-state index is -0.147. The van der Waals surface area contributed by atoms with E-state index in [1.807, 2.05) is 6.07 Å². The molecule has 0 unspecified atom stereocenters. The van der Waals surface area contributed by atoms with Crippen molar-refractivity contribution in [3.8, 4) is 6.07 Å². The molecule has 0 aliphatic heterocycles. The van der Waals surface area contributed by atoms with E-state index in [2.05, 4.69) is 11.9 Å².